The number of thiophene rings is 1. The lowest BCUT2D eigenvalue weighted by Crippen LogP contribution is -2.31. The Bertz CT molecular complexity index is 1060. The number of hydrogen-bond acceptors (Lipinski definition) is 6. The fourth-order valence-corrected chi connectivity index (χ4v) is 3.97. The number of aliphatic hydroxyl groups is 1. The van der Waals surface area contributed by atoms with Gasteiger partial charge in [0.05, 0.1) is 17.6 Å². The molecule has 0 aliphatic carbocycles. The van der Waals surface area contributed by atoms with Gasteiger partial charge in [0.1, 0.15) is 17.6 Å². The quantitative estimate of drug-likeness (QED) is 0.666. The predicted molar refractivity (Wildman–Crippen MR) is 106 cm³/mol. The van der Waals surface area contributed by atoms with Crippen LogP contribution in [0.4, 0.5) is 5.82 Å². The summed E-state index contributed by atoms with van der Waals surface area (Å²) in [5.74, 6) is -0.791. The zero-order chi connectivity index (χ0) is 19.7. The van der Waals surface area contributed by atoms with Crippen LogP contribution in [0.25, 0.3) is 0 Å². The van der Waals surface area contributed by atoms with Crippen molar-refractivity contribution in [2.75, 3.05) is 12.0 Å². The molecule has 28 heavy (non-hydrogen) atoms. The molecule has 1 aliphatic heterocycles. The first-order valence-corrected chi connectivity index (χ1v) is 9.40. The summed E-state index contributed by atoms with van der Waals surface area (Å²) in [7, 11) is 1.52. The van der Waals surface area contributed by atoms with Crippen LogP contribution < -0.4 is 9.64 Å². The molecule has 1 amide bonds. The number of benzene rings is 1. The summed E-state index contributed by atoms with van der Waals surface area (Å²) in [6.45, 7) is 0. The third-order valence-corrected chi connectivity index (χ3v) is 5.40. The van der Waals surface area contributed by atoms with Gasteiger partial charge in [0.15, 0.2) is 5.76 Å². The molecule has 0 bridgehead atoms. The number of methoxy groups -OCH3 is 1. The lowest BCUT2D eigenvalue weighted by molar-refractivity contribution is -0.117. The normalized spacial score (nSPS) is 16.5. The molecule has 6 nitrogen and oxygen atoms in total. The maximum absolute atomic E-state index is 13.2. The number of rotatable bonds is 5. The second-order valence-electron chi connectivity index (χ2n) is 6.08. The maximum atomic E-state index is 13.2. The first-order valence-electron chi connectivity index (χ1n) is 8.52. The van der Waals surface area contributed by atoms with Gasteiger partial charge in [0.25, 0.3) is 5.91 Å². The molecule has 0 fully saturated rings. The van der Waals surface area contributed by atoms with E-state index in [0.717, 1.165) is 0 Å². The summed E-state index contributed by atoms with van der Waals surface area (Å²) in [6, 6.07) is 14.8. The number of para-hydroxylation sites is 1. The van der Waals surface area contributed by atoms with Gasteiger partial charge in [-0.1, -0.05) is 30.3 Å². The maximum Gasteiger partial charge on any atom is 0.295 e. The van der Waals surface area contributed by atoms with E-state index in [9.17, 15) is 14.7 Å². The molecule has 1 unspecified atom stereocenters. The fourth-order valence-electron chi connectivity index (χ4n) is 3.30. The van der Waals surface area contributed by atoms with Gasteiger partial charge in [0.2, 0.25) is 5.78 Å². The van der Waals surface area contributed by atoms with Gasteiger partial charge >= 0.3 is 0 Å². The molecule has 4 rings (SSSR count). The van der Waals surface area contributed by atoms with E-state index in [-0.39, 0.29) is 5.57 Å². The SMILES string of the molecule is COc1ccccc1C1C(C(=O)c2cccs2)=C(O)C(=O)N1c1ccccn1. The van der Waals surface area contributed by atoms with Crippen LogP contribution in [0, 0.1) is 0 Å². The van der Waals surface area contributed by atoms with Crippen LogP contribution in [-0.2, 0) is 4.79 Å². The highest BCUT2D eigenvalue weighted by Gasteiger charge is 2.46. The van der Waals surface area contributed by atoms with Crippen LogP contribution >= 0.6 is 11.3 Å². The van der Waals surface area contributed by atoms with E-state index in [4.69, 9.17) is 4.74 Å². The van der Waals surface area contributed by atoms with Crippen molar-refractivity contribution in [3.63, 3.8) is 0 Å². The standard InChI is InChI=1S/C21H16N2O4S/c1-27-14-8-3-2-7-13(14)18-17(19(24)15-9-6-12-28-15)20(25)21(26)23(18)16-10-4-5-11-22-16/h2-12,18,25H,1H3. The monoisotopic (exact) mass is 392 g/mol. The number of pyridine rings is 1. The Morgan fingerprint density at radius 1 is 1.14 bits per heavy atom. The van der Waals surface area contributed by atoms with Crippen molar-refractivity contribution >= 4 is 28.8 Å². The molecule has 7 heteroatoms. The summed E-state index contributed by atoms with van der Waals surface area (Å²) in [6.07, 6.45) is 1.55. The first-order chi connectivity index (χ1) is 13.6. The number of ether oxygens (including phenoxy) is 1. The van der Waals surface area contributed by atoms with E-state index in [1.54, 1.807) is 66.2 Å². The largest absolute Gasteiger partial charge is 0.503 e. The lowest BCUT2D eigenvalue weighted by Gasteiger charge is -2.27. The molecule has 0 radical (unpaired) electrons. The Morgan fingerprint density at radius 3 is 2.61 bits per heavy atom. The van der Waals surface area contributed by atoms with Crippen molar-refractivity contribution in [1.82, 2.24) is 4.98 Å². The predicted octanol–water partition coefficient (Wildman–Crippen LogP) is 3.93. The van der Waals surface area contributed by atoms with Crippen molar-refractivity contribution in [3.8, 4) is 5.75 Å². The highest BCUT2D eigenvalue weighted by molar-refractivity contribution is 7.12. The van der Waals surface area contributed by atoms with Crippen molar-refractivity contribution in [2.24, 2.45) is 0 Å². The molecule has 1 aromatic carbocycles. The van der Waals surface area contributed by atoms with E-state index in [0.29, 0.717) is 22.0 Å². The Labute approximate surface area is 165 Å². The smallest absolute Gasteiger partial charge is 0.295 e. The summed E-state index contributed by atoms with van der Waals surface area (Å²) in [4.78, 5) is 32.2. The third-order valence-electron chi connectivity index (χ3n) is 4.53. The van der Waals surface area contributed by atoms with Gasteiger partial charge < -0.3 is 9.84 Å². The molecule has 1 atom stereocenters. The van der Waals surface area contributed by atoms with Gasteiger partial charge in [-0.25, -0.2) is 4.98 Å². The van der Waals surface area contributed by atoms with Gasteiger partial charge in [0, 0.05) is 11.8 Å². The van der Waals surface area contributed by atoms with Gasteiger partial charge in [-0.3, -0.25) is 14.5 Å². The number of nitrogens with zero attached hydrogens (tertiary/aromatic N) is 2. The van der Waals surface area contributed by atoms with Crippen molar-refractivity contribution in [1.29, 1.82) is 0 Å². The van der Waals surface area contributed by atoms with Gasteiger partial charge in [-0.2, -0.15) is 0 Å². The highest BCUT2D eigenvalue weighted by Crippen LogP contribution is 2.44. The van der Waals surface area contributed by atoms with E-state index < -0.39 is 23.5 Å². The lowest BCUT2D eigenvalue weighted by atomic mass is 9.94. The van der Waals surface area contributed by atoms with Crippen LogP contribution in [0.5, 0.6) is 5.75 Å². The third kappa shape index (κ3) is 2.86. The molecule has 0 saturated heterocycles. The Morgan fingerprint density at radius 2 is 1.93 bits per heavy atom. The zero-order valence-corrected chi connectivity index (χ0v) is 15.7. The van der Waals surface area contributed by atoms with Crippen LogP contribution in [0.15, 0.2) is 77.5 Å². The molecule has 1 aliphatic rings. The average molecular weight is 392 g/mol. The van der Waals surface area contributed by atoms with Crippen LogP contribution in [-0.4, -0.2) is 28.9 Å². The van der Waals surface area contributed by atoms with Crippen LogP contribution in [0.2, 0.25) is 0 Å². The molecule has 3 aromatic rings. The summed E-state index contributed by atoms with van der Waals surface area (Å²) in [5, 5.41) is 12.4. The molecule has 0 spiro atoms. The summed E-state index contributed by atoms with van der Waals surface area (Å²) >= 11 is 1.25. The second kappa shape index (κ2) is 7.28. The van der Waals surface area contributed by atoms with Gasteiger partial charge in [-0.05, 0) is 29.6 Å². The molecule has 0 saturated carbocycles. The average Bonchev–Trinajstić information content (AvgIpc) is 3.36. The molecule has 140 valence electrons. The number of hydrogen-bond donors (Lipinski definition) is 1. The molecule has 3 heterocycles. The van der Waals surface area contributed by atoms with Crippen LogP contribution in [0.1, 0.15) is 21.3 Å². The fraction of sp³-hybridized carbons (Fsp3) is 0.0952. The van der Waals surface area contributed by atoms with E-state index in [1.165, 1.54) is 23.3 Å². The van der Waals surface area contributed by atoms with Crippen molar-refractivity contribution in [2.45, 2.75) is 6.04 Å². The molecule has 2 aromatic heterocycles. The number of amides is 1. The molecule has 1 N–H and O–H groups in total. The number of aromatic nitrogens is 1. The van der Waals surface area contributed by atoms with E-state index in [1.807, 2.05) is 0 Å². The molecular weight excluding hydrogens is 376 g/mol. The van der Waals surface area contributed by atoms with Crippen molar-refractivity contribution in [3.05, 3.63) is 87.9 Å². The minimum atomic E-state index is -0.854. The summed E-state index contributed by atoms with van der Waals surface area (Å²) in [5.41, 5.74) is 0.607. The minimum absolute atomic E-state index is 0.0163. The van der Waals surface area contributed by atoms with Crippen molar-refractivity contribution < 1.29 is 19.4 Å². The number of Topliss-reactive ketones (excluding diaryl/α,β-unsaturated/α-hetero) is 1. The van der Waals surface area contributed by atoms with Gasteiger partial charge in [-0.15, -0.1) is 11.3 Å². The minimum Gasteiger partial charge on any atom is -0.503 e. The topological polar surface area (TPSA) is 79.7 Å². The number of anilines is 1. The number of ketones is 1. The number of carbonyl (C=O) groups excluding carboxylic acids is 2. The number of aliphatic hydroxyl groups excluding tert-OH is 1. The summed E-state index contributed by atoms with van der Waals surface area (Å²) < 4.78 is 5.46. The highest BCUT2D eigenvalue weighted by atomic mass is 32.1. The Balaban J connectivity index is 1.93. The number of carbonyl (C=O) groups is 2. The Hall–Kier alpha value is -3.45. The first kappa shape index (κ1) is 17.9. The van der Waals surface area contributed by atoms with E-state index >= 15 is 0 Å². The molecular formula is C21H16N2O4S. The second-order valence-corrected chi connectivity index (χ2v) is 7.02. The van der Waals surface area contributed by atoms with Crippen LogP contribution in [0.3, 0.4) is 0 Å². The zero-order valence-electron chi connectivity index (χ0n) is 14.9. The van der Waals surface area contributed by atoms with E-state index in [2.05, 4.69) is 4.98 Å². The Kier molecular flexibility index (Phi) is 4.67.